The van der Waals surface area contributed by atoms with E-state index in [4.69, 9.17) is 55.7 Å². The molecule has 0 bridgehead atoms. The number of rotatable bonds is 7. The van der Waals surface area contributed by atoms with Gasteiger partial charge in [0, 0.05) is 22.9 Å². The van der Waals surface area contributed by atoms with Gasteiger partial charge in [-0.2, -0.15) is 0 Å². The van der Waals surface area contributed by atoms with Crippen molar-refractivity contribution >= 4 is 64.0 Å². The fourth-order valence-electron chi connectivity index (χ4n) is 4.78. The van der Waals surface area contributed by atoms with Crippen LogP contribution in [0.4, 0.5) is 5.69 Å². The Labute approximate surface area is 241 Å². The normalized spacial score (nSPS) is 19.8. The molecule has 0 saturated heterocycles. The fourth-order valence-corrected chi connectivity index (χ4v) is 5.56. The maximum atomic E-state index is 13.0. The van der Waals surface area contributed by atoms with Gasteiger partial charge in [-0.25, -0.2) is 4.79 Å². The lowest BCUT2D eigenvalue weighted by Gasteiger charge is -2.37. The number of alkyl halides is 2. The van der Waals surface area contributed by atoms with Crippen LogP contribution in [-0.4, -0.2) is 27.5 Å². The van der Waals surface area contributed by atoms with Gasteiger partial charge in [0.15, 0.2) is 5.76 Å². The molecule has 6 nitrogen and oxygen atoms in total. The Morgan fingerprint density at radius 1 is 1.08 bits per heavy atom. The summed E-state index contributed by atoms with van der Waals surface area (Å²) < 4.78 is 8.77. The summed E-state index contributed by atoms with van der Waals surface area (Å²) in [6.07, 6.45) is 2.25. The predicted molar refractivity (Wildman–Crippen MR) is 152 cm³/mol. The van der Waals surface area contributed by atoms with E-state index < -0.39 is 16.2 Å². The van der Waals surface area contributed by atoms with E-state index in [2.05, 4.69) is 31.2 Å². The minimum atomic E-state index is -2.42. The Morgan fingerprint density at radius 3 is 2.45 bits per heavy atom. The molecule has 1 amide bonds. The summed E-state index contributed by atoms with van der Waals surface area (Å²) in [5.74, 6) is -0.421. The van der Waals surface area contributed by atoms with E-state index in [0.717, 1.165) is 12.8 Å². The lowest BCUT2D eigenvalue weighted by molar-refractivity contribution is -0.157. The van der Waals surface area contributed by atoms with Crippen molar-refractivity contribution in [2.45, 2.75) is 50.5 Å². The average molecular weight is 598 g/mol. The molecule has 1 aromatic heterocycles. The maximum absolute atomic E-state index is 13.0. The highest BCUT2D eigenvalue weighted by Gasteiger charge is 2.46. The summed E-state index contributed by atoms with van der Waals surface area (Å²) in [7, 11) is 0. The lowest BCUT2D eigenvalue weighted by atomic mass is 9.75. The SMILES string of the molecule is CC(C)[C@H]1C[C@H](C)CC[C@@H]1OC(=O)C(Cl)(Cl)C(=O)Nc1cccc(-c2cc(-c3c(Cl)cccc3Cl)no2)c1. The highest BCUT2D eigenvalue weighted by Crippen LogP contribution is 2.38. The van der Waals surface area contributed by atoms with Crippen molar-refractivity contribution in [1.29, 1.82) is 0 Å². The summed E-state index contributed by atoms with van der Waals surface area (Å²) in [4.78, 5) is 25.9. The smallest absolute Gasteiger partial charge is 0.352 e. The molecule has 1 aliphatic carbocycles. The molecule has 0 spiro atoms. The summed E-state index contributed by atoms with van der Waals surface area (Å²) >= 11 is 25.1. The van der Waals surface area contributed by atoms with Gasteiger partial charge in [-0.3, -0.25) is 4.79 Å². The van der Waals surface area contributed by atoms with Crippen LogP contribution in [0, 0.1) is 17.8 Å². The molecule has 3 aromatic rings. The van der Waals surface area contributed by atoms with Crippen LogP contribution in [0.2, 0.25) is 10.0 Å². The second-order valence-electron chi connectivity index (χ2n) is 10.1. The van der Waals surface area contributed by atoms with Crippen molar-refractivity contribution in [3.05, 3.63) is 58.6 Å². The fraction of sp³-hybridized carbons (Fsp3) is 0.393. The zero-order valence-electron chi connectivity index (χ0n) is 21.1. The lowest BCUT2D eigenvalue weighted by Crippen LogP contribution is -2.45. The first-order valence-electron chi connectivity index (χ1n) is 12.4. The number of carbonyl (C=O) groups excluding carboxylic acids is 2. The van der Waals surface area contributed by atoms with Gasteiger partial charge in [-0.1, -0.05) is 90.5 Å². The topological polar surface area (TPSA) is 81.4 Å². The van der Waals surface area contributed by atoms with Crippen LogP contribution < -0.4 is 5.32 Å². The second kappa shape index (κ2) is 11.9. The van der Waals surface area contributed by atoms with Gasteiger partial charge >= 0.3 is 5.97 Å². The molecule has 1 N–H and O–H groups in total. The van der Waals surface area contributed by atoms with Crippen LogP contribution >= 0.6 is 46.4 Å². The van der Waals surface area contributed by atoms with Crippen molar-refractivity contribution in [3.8, 4) is 22.6 Å². The molecule has 38 heavy (non-hydrogen) atoms. The van der Waals surface area contributed by atoms with Gasteiger partial charge < -0.3 is 14.6 Å². The number of ether oxygens (including phenoxy) is 1. The predicted octanol–water partition coefficient (Wildman–Crippen LogP) is 8.43. The number of carbonyl (C=O) groups is 2. The maximum Gasteiger partial charge on any atom is 0.352 e. The minimum absolute atomic E-state index is 0.180. The van der Waals surface area contributed by atoms with Crippen LogP contribution in [0.25, 0.3) is 22.6 Å². The van der Waals surface area contributed by atoms with Crippen LogP contribution in [0.5, 0.6) is 0 Å². The number of hydrogen-bond donors (Lipinski definition) is 1. The Morgan fingerprint density at radius 2 is 1.76 bits per heavy atom. The zero-order chi connectivity index (χ0) is 27.6. The van der Waals surface area contributed by atoms with E-state index in [1.807, 2.05) is 0 Å². The van der Waals surface area contributed by atoms with E-state index in [-0.39, 0.29) is 12.0 Å². The minimum Gasteiger partial charge on any atom is -0.459 e. The Hall–Kier alpha value is -2.25. The third-order valence-corrected chi connectivity index (χ3v) is 8.17. The highest BCUT2D eigenvalue weighted by atomic mass is 35.5. The van der Waals surface area contributed by atoms with E-state index in [9.17, 15) is 9.59 Å². The van der Waals surface area contributed by atoms with E-state index in [1.54, 1.807) is 48.5 Å². The van der Waals surface area contributed by atoms with Gasteiger partial charge in [-0.15, -0.1) is 0 Å². The molecule has 0 aliphatic heterocycles. The standard InChI is InChI=1S/C28H28Cl4N2O4/c1-15(2)19-12-16(3)10-11-23(19)37-27(36)28(31,32)26(35)33-18-7-4-6-17(13-18)24-14-22(34-38-24)25-20(29)8-5-9-21(25)30/h4-9,13-16,19,23H,10-12H2,1-3H3,(H,33,35)/t16-,19-,23+/m1/s1. The van der Waals surface area contributed by atoms with Gasteiger partial charge in [0.05, 0.1) is 10.0 Å². The van der Waals surface area contributed by atoms with Crippen molar-refractivity contribution in [3.63, 3.8) is 0 Å². The number of anilines is 1. The Balaban J connectivity index is 1.47. The molecule has 1 fully saturated rings. The Kier molecular flexibility index (Phi) is 8.98. The van der Waals surface area contributed by atoms with E-state index >= 15 is 0 Å². The monoisotopic (exact) mass is 596 g/mol. The van der Waals surface area contributed by atoms with Crippen molar-refractivity contribution in [2.75, 3.05) is 5.32 Å². The molecule has 1 saturated carbocycles. The molecule has 202 valence electrons. The number of esters is 1. The third kappa shape index (κ3) is 6.31. The molecule has 1 heterocycles. The summed E-state index contributed by atoms with van der Waals surface area (Å²) in [6.45, 7) is 6.38. The van der Waals surface area contributed by atoms with Crippen molar-refractivity contribution in [2.24, 2.45) is 17.8 Å². The van der Waals surface area contributed by atoms with E-state index in [1.165, 1.54) is 0 Å². The van der Waals surface area contributed by atoms with Gasteiger partial charge in [-0.05, 0) is 61.3 Å². The number of nitrogens with one attached hydrogen (secondary N) is 1. The van der Waals surface area contributed by atoms with Gasteiger partial charge in [0.1, 0.15) is 11.8 Å². The molecule has 0 unspecified atom stereocenters. The first-order chi connectivity index (χ1) is 18.0. The number of benzene rings is 2. The summed E-state index contributed by atoms with van der Waals surface area (Å²) in [5.41, 5.74) is 1.98. The summed E-state index contributed by atoms with van der Waals surface area (Å²) in [5, 5.41) is 7.56. The second-order valence-corrected chi connectivity index (χ2v) is 12.2. The highest BCUT2D eigenvalue weighted by molar-refractivity contribution is 6.68. The van der Waals surface area contributed by atoms with Gasteiger partial charge in [0.2, 0.25) is 0 Å². The molecule has 10 heteroatoms. The van der Waals surface area contributed by atoms with Crippen molar-refractivity contribution < 1.29 is 18.8 Å². The summed E-state index contributed by atoms with van der Waals surface area (Å²) in [6, 6.07) is 13.6. The van der Waals surface area contributed by atoms with Crippen LogP contribution in [0.15, 0.2) is 53.1 Å². The van der Waals surface area contributed by atoms with Crippen LogP contribution in [0.1, 0.15) is 40.0 Å². The number of nitrogens with zero attached hydrogens (tertiary/aromatic N) is 1. The van der Waals surface area contributed by atoms with Crippen LogP contribution in [0.3, 0.4) is 0 Å². The largest absolute Gasteiger partial charge is 0.459 e. The van der Waals surface area contributed by atoms with Crippen molar-refractivity contribution in [1.82, 2.24) is 5.16 Å². The molecule has 1 aliphatic rings. The molecule has 3 atom stereocenters. The third-order valence-electron chi connectivity index (χ3n) is 6.89. The number of amides is 1. The Bertz CT molecular complexity index is 1300. The molecule has 0 radical (unpaired) electrons. The average Bonchev–Trinajstić information content (AvgIpc) is 3.34. The number of aromatic nitrogens is 1. The van der Waals surface area contributed by atoms with Crippen LogP contribution in [-0.2, 0) is 14.3 Å². The first kappa shape index (κ1) is 28.8. The number of hydrogen-bond acceptors (Lipinski definition) is 5. The van der Waals surface area contributed by atoms with E-state index in [0.29, 0.717) is 56.6 Å². The molecular formula is C28H28Cl4N2O4. The molecule has 4 rings (SSSR count). The first-order valence-corrected chi connectivity index (χ1v) is 13.9. The molecular weight excluding hydrogens is 570 g/mol. The molecule has 2 aromatic carbocycles. The zero-order valence-corrected chi connectivity index (χ0v) is 24.2. The quantitative estimate of drug-likeness (QED) is 0.168. The number of halogens is 4. The van der Waals surface area contributed by atoms with Gasteiger partial charge in [0.25, 0.3) is 10.2 Å².